The Balaban J connectivity index is 4.06. The zero-order chi connectivity index (χ0) is 11.2. The molecule has 0 aliphatic carbocycles. The average molecular weight is 202 g/mol. The van der Waals surface area contributed by atoms with Crippen molar-refractivity contribution < 1.29 is 14.3 Å². The highest BCUT2D eigenvalue weighted by atomic mass is 16.5. The first kappa shape index (κ1) is 13.6. The molecule has 0 heterocycles. The van der Waals surface area contributed by atoms with Gasteiger partial charge in [0.15, 0.2) is 5.78 Å². The molecule has 0 N–H and O–H groups in total. The Morgan fingerprint density at radius 2 is 2.00 bits per heavy atom. The highest BCUT2D eigenvalue weighted by Crippen LogP contribution is 2.15. The van der Waals surface area contributed by atoms with E-state index in [1.165, 1.54) is 0 Å². The summed E-state index contributed by atoms with van der Waals surface area (Å²) in [5, 5.41) is 0. The van der Waals surface area contributed by atoms with Crippen molar-refractivity contribution in [2.75, 3.05) is 13.7 Å². The molecule has 0 rings (SSSR count). The van der Waals surface area contributed by atoms with Crippen LogP contribution in [0.1, 0.15) is 40.5 Å². The monoisotopic (exact) mass is 202 g/mol. The molecule has 0 amide bonds. The Labute approximate surface area is 86.8 Å². The Bertz CT molecular complexity index is 173. The number of rotatable bonds is 7. The summed E-state index contributed by atoms with van der Waals surface area (Å²) in [5.74, 6) is 0.0165. The molecular formula is C11H22O3. The second kappa shape index (κ2) is 6.14. The van der Waals surface area contributed by atoms with Gasteiger partial charge in [-0.25, -0.2) is 0 Å². The van der Waals surface area contributed by atoms with Crippen LogP contribution in [0.4, 0.5) is 0 Å². The summed E-state index contributed by atoms with van der Waals surface area (Å²) in [5.41, 5.74) is -0.687. The largest absolute Gasteiger partial charge is 0.371 e. The van der Waals surface area contributed by atoms with Gasteiger partial charge in [0.1, 0.15) is 12.2 Å². The number of methoxy groups -OCH3 is 1. The third-order valence-electron chi connectivity index (χ3n) is 2.79. The van der Waals surface area contributed by atoms with Gasteiger partial charge in [-0.15, -0.1) is 0 Å². The van der Waals surface area contributed by atoms with E-state index < -0.39 is 5.60 Å². The van der Waals surface area contributed by atoms with Crippen LogP contribution in [0.3, 0.4) is 0 Å². The lowest BCUT2D eigenvalue weighted by molar-refractivity contribution is -0.145. The summed E-state index contributed by atoms with van der Waals surface area (Å²) < 4.78 is 10.6. The average Bonchev–Trinajstić information content (AvgIpc) is 2.23. The van der Waals surface area contributed by atoms with E-state index in [4.69, 9.17) is 9.47 Å². The third-order valence-corrected chi connectivity index (χ3v) is 2.79. The second-order valence-corrected chi connectivity index (χ2v) is 3.74. The summed E-state index contributed by atoms with van der Waals surface area (Å²) in [7, 11) is 1.56. The molecule has 3 nitrogen and oxygen atoms in total. The van der Waals surface area contributed by atoms with Crippen LogP contribution in [0.2, 0.25) is 0 Å². The van der Waals surface area contributed by atoms with Crippen LogP contribution >= 0.6 is 0 Å². The lowest BCUT2D eigenvalue weighted by Gasteiger charge is -2.25. The number of hydrogen-bond acceptors (Lipinski definition) is 3. The molecule has 0 aromatic heterocycles. The van der Waals surface area contributed by atoms with Gasteiger partial charge in [0.2, 0.25) is 0 Å². The first-order valence-electron chi connectivity index (χ1n) is 5.20. The van der Waals surface area contributed by atoms with Crippen LogP contribution in [0.15, 0.2) is 0 Å². The Morgan fingerprint density at radius 3 is 2.36 bits per heavy atom. The van der Waals surface area contributed by atoms with E-state index in [0.717, 1.165) is 6.42 Å². The highest BCUT2D eigenvalue weighted by molar-refractivity contribution is 5.88. The van der Waals surface area contributed by atoms with E-state index in [2.05, 4.69) is 0 Å². The Morgan fingerprint density at radius 1 is 1.43 bits per heavy atom. The lowest BCUT2D eigenvalue weighted by Crippen LogP contribution is -2.40. The van der Waals surface area contributed by atoms with Crippen LogP contribution in [0.5, 0.6) is 0 Å². The molecule has 14 heavy (non-hydrogen) atoms. The minimum Gasteiger partial charge on any atom is -0.371 e. The first-order chi connectivity index (χ1) is 6.50. The van der Waals surface area contributed by atoms with Gasteiger partial charge >= 0.3 is 0 Å². The van der Waals surface area contributed by atoms with Crippen molar-refractivity contribution in [1.82, 2.24) is 0 Å². The maximum absolute atomic E-state index is 11.7. The van der Waals surface area contributed by atoms with E-state index in [9.17, 15) is 4.79 Å². The van der Waals surface area contributed by atoms with Crippen LogP contribution in [-0.2, 0) is 14.3 Å². The van der Waals surface area contributed by atoms with Crippen molar-refractivity contribution in [3.8, 4) is 0 Å². The highest BCUT2D eigenvalue weighted by Gasteiger charge is 2.30. The number of carbonyl (C=O) groups is 1. The van der Waals surface area contributed by atoms with E-state index in [-0.39, 0.29) is 18.5 Å². The quantitative estimate of drug-likeness (QED) is 0.635. The fourth-order valence-electron chi connectivity index (χ4n) is 0.944. The van der Waals surface area contributed by atoms with Crippen molar-refractivity contribution in [2.24, 2.45) is 0 Å². The van der Waals surface area contributed by atoms with Gasteiger partial charge in [-0.05, 0) is 26.7 Å². The fourth-order valence-corrected chi connectivity index (χ4v) is 0.944. The van der Waals surface area contributed by atoms with Crippen molar-refractivity contribution in [1.29, 1.82) is 0 Å². The summed E-state index contributed by atoms with van der Waals surface area (Å²) >= 11 is 0. The van der Waals surface area contributed by atoms with Gasteiger partial charge in [0.25, 0.3) is 0 Å². The first-order valence-corrected chi connectivity index (χ1v) is 5.20. The predicted molar refractivity (Wildman–Crippen MR) is 56.4 cm³/mol. The van der Waals surface area contributed by atoms with Gasteiger partial charge in [0, 0.05) is 7.11 Å². The lowest BCUT2D eigenvalue weighted by atomic mass is 9.98. The Hall–Kier alpha value is -0.410. The van der Waals surface area contributed by atoms with E-state index >= 15 is 0 Å². The van der Waals surface area contributed by atoms with Gasteiger partial charge in [-0.3, -0.25) is 4.79 Å². The van der Waals surface area contributed by atoms with E-state index in [1.54, 1.807) is 14.0 Å². The van der Waals surface area contributed by atoms with Gasteiger partial charge in [-0.1, -0.05) is 13.8 Å². The second-order valence-electron chi connectivity index (χ2n) is 3.74. The van der Waals surface area contributed by atoms with E-state index in [0.29, 0.717) is 6.42 Å². The van der Waals surface area contributed by atoms with Gasteiger partial charge in [-0.2, -0.15) is 0 Å². The van der Waals surface area contributed by atoms with Gasteiger partial charge in [0.05, 0.1) is 6.10 Å². The normalized spacial score (nSPS) is 17.5. The molecule has 0 aliphatic heterocycles. The molecule has 3 heteroatoms. The molecule has 0 aliphatic rings. The molecule has 0 aromatic carbocycles. The van der Waals surface area contributed by atoms with Crippen molar-refractivity contribution >= 4 is 5.78 Å². The molecule has 2 unspecified atom stereocenters. The smallest absolute Gasteiger partial charge is 0.189 e. The summed E-state index contributed by atoms with van der Waals surface area (Å²) in [6.07, 6.45) is 1.73. The van der Waals surface area contributed by atoms with E-state index in [1.807, 2.05) is 20.8 Å². The molecule has 0 aromatic rings. The molecule has 2 atom stereocenters. The maximum Gasteiger partial charge on any atom is 0.189 e. The number of hydrogen-bond donors (Lipinski definition) is 0. The zero-order valence-corrected chi connectivity index (χ0v) is 9.92. The molecule has 0 spiro atoms. The van der Waals surface area contributed by atoms with Gasteiger partial charge < -0.3 is 9.47 Å². The SMILES string of the molecule is CCC(C)OCC(=O)C(C)(CC)OC. The molecular weight excluding hydrogens is 180 g/mol. The summed E-state index contributed by atoms with van der Waals surface area (Å²) in [4.78, 5) is 11.7. The molecule has 0 saturated heterocycles. The molecule has 0 fully saturated rings. The summed E-state index contributed by atoms with van der Waals surface area (Å²) in [6.45, 7) is 7.88. The fraction of sp³-hybridized carbons (Fsp3) is 0.909. The number of carbonyl (C=O) groups excluding carboxylic acids is 1. The maximum atomic E-state index is 11.7. The van der Waals surface area contributed by atoms with Crippen LogP contribution < -0.4 is 0 Å². The van der Waals surface area contributed by atoms with Crippen molar-refractivity contribution in [3.05, 3.63) is 0 Å². The summed E-state index contributed by atoms with van der Waals surface area (Å²) in [6, 6.07) is 0. The molecule has 0 bridgehead atoms. The Kier molecular flexibility index (Phi) is 5.96. The molecule has 84 valence electrons. The minimum absolute atomic E-state index is 0.0165. The van der Waals surface area contributed by atoms with Crippen molar-refractivity contribution in [2.45, 2.75) is 52.2 Å². The third kappa shape index (κ3) is 3.76. The topological polar surface area (TPSA) is 35.5 Å². The zero-order valence-electron chi connectivity index (χ0n) is 9.92. The van der Waals surface area contributed by atoms with Crippen LogP contribution in [-0.4, -0.2) is 31.2 Å². The van der Waals surface area contributed by atoms with Crippen LogP contribution in [0, 0.1) is 0 Å². The number of Topliss-reactive ketones (excluding diaryl/α,β-unsaturated/α-hetero) is 1. The van der Waals surface area contributed by atoms with Crippen molar-refractivity contribution in [3.63, 3.8) is 0 Å². The van der Waals surface area contributed by atoms with Crippen LogP contribution in [0.25, 0.3) is 0 Å². The predicted octanol–water partition coefficient (Wildman–Crippen LogP) is 2.19. The number of ether oxygens (including phenoxy) is 2. The minimum atomic E-state index is -0.687. The number of ketones is 1. The standard InChI is InChI=1S/C11H22O3/c1-6-9(3)14-8-10(12)11(4,7-2)13-5/h9H,6-8H2,1-5H3. The molecule has 0 saturated carbocycles. The molecule has 0 radical (unpaired) electrons.